The number of carbonyl (C=O) groups excluding carboxylic acids is 1. The van der Waals surface area contributed by atoms with Crippen LogP contribution in [0, 0.1) is 5.92 Å². The van der Waals surface area contributed by atoms with E-state index in [1.807, 2.05) is 23.1 Å². The van der Waals surface area contributed by atoms with Gasteiger partial charge in [0.15, 0.2) is 11.6 Å². The Balaban J connectivity index is 1.58. The summed E-state index contributed by atoms with van der Waals surface area (Å²) in [7, 11) is 1.74. The second-order valence-corrected chi connectivity index (χ2v) is 6.46. The number of Topliss-reactive ketones (excluding diaryl/α,β-unsaturated/α-hetero) is 1. The molecular weight excluding hydrogens is 318 g/mol. The van der Waals surface area contributed by atoms with Crippen LogP contribution in [0.15, 0.2) is 41.5 Å². The molecule has 0 atom stereocenters. The summed E-state index contributed by atoms with van der Waals surface area (Å²) in [5.74, 6) is 1.59. The summed E-state index contributed by atoms with van der Waals surface area (Å²) >= 11 is 0. The quantitative estimate of drug-likeness (QED) is 0.781. The molecule has 0 bridgehead atoms. The van der Waals surface area contributed by atoms with Crippen LogP contribution >= 0.6 is 0 Å². The van der Waals surface area contributed by atoms with Gasteiger partial charge in [-0.15, -0.1) is 0 Å². The van der Waals surface area contributed by atoms with Crippen molar-refractivity contribution in [3.05, 3.63) is 52.6 Å². The van der Waals surface area contributed by atoms with Crippen molar-refractivity contribution in [1.29, 1.82) is 0 Å². The molecule has 2 aromatic rings. The standard InChI is InChI=1S/C19H23N3O3/c1-14(23)16-5-3-4-6-17(16)25-13-15-7-10-22(11-8-15)18-19(24)21(2)12-9-20-18/h3-6,9,12,15H,7-8,10-11,13H2,1-2H3. The fourth-order valence-corrected chi connectivity index (χ4v) is 3.10. The van der Waals surface area contributed by atoms with E-state index in [1.54, 1.807) is 37.0 Å². The van der Waals surface area contributed by atoms with Crippen LogP contribution in [0.25, 0.3) is 0 Å². The van der Waals surface area contributed by atoms with Gasteiger partial charge in [0, 0.05) is 32.5 Å². The van der Waals surface area contributed by atoms with Crippen molar-refractivity contribution in [2.75, 3.05) is 24.6 Å². The molecule has 0 spiro atoms. The molecule has 6 heteroatoms. The van der Waals surface area contributed by atoms with Gasteiger partial charge in [0.25, 0.3) is 5.56 Å². The first kappa shape index (κ1) is 17.2. The number of rotatable bonds is 5. The lowest BCUT2D eigenvalue weighted by Crippen LogP contribution is -2.40. The Kier molecular flexibility index (Phi) is 5.16. The lowest BCUT2D eigenvalue weighted by atomic mass is 9.98. The number of para-hydroxylation sites is 1. The highest BCUT2D eigenvalue weighted by atomic mass is 16.5. The average molecular weight is 341 g/mol. The third-order valence-corrected chi connectivity index (χ3v) is 4.65. The molecule has 0 unspecified atom stereocenters. The Morgan fingerprint density at radius 1 is 1.28 bits per heavy atom. The number of ketones is 1. The fourth-order valence-electron chi connectivity index (χ4n) is 3.10. The molecule has 1 aromatic heterocycles. The molecule has 1 fully saturated rings. The first-order valence-corrected chi connectivity index (χ1v) is 8.55. The second-order valence-electron chi connectivity index (χ2n) is 6.46. The van der Waals surface area contributed by atoms with E-state index in [1.165, 1.54) is 0 Å². The summed E-state index contributed by atoms with van der Waals surface area (Å²) in [5, 5.41) is 0. The van der Waals surface area contributed by atoms with E-state index < -0.39 is 0 Å². The lowest BCUT2D eigenvalue weighted by Gasteiger charge is -2.32. The summed E-state index contributed by atoms with van der Waals surface area (Å²) in [6, 6.07) is 7.34. The molecule has 0 N–H and O–H groups in total. The molecule has 0 radical (unpaired) electrons. The second kappa shape index (κ2) is 7.51. The number of ether oxygens (including phenoxy) is 1. The van der Waals surface area contributed by atoms with Crippen LogP contribution < -0.4 is 15.2 Å². The van der Waals surface area contributed by atoms with Crippen molar-refractivity contribution in [2.24, 2.45) is 13.0 Å². The van der Waals surface area contributed by atoms with Gasteiger partial charge in [0.05, 0.1) is 12.2 Å². The van der Waals surface area contributed by atoms with Gasteiger partial charge in [0.1, 0.15) is 5.75 Å². The summed E-state index contributed by atoms with van der Waals surface area (Å²) in [6.07, 6.45) is 5.19. The van der Waals surface area contributed by atoms with Crippen molar-refractivity contribution >= 4 is 11.6 Å². The van der Waals surface area contributed by atoms with Crippen LogP contribution in [0.1, 0.15) is 30.1 Å². The maximum absolute atomic E-state index is 12.2. The maximum atomic E-state index is 12.2. The average Bonchev–Trinajstić information content (AvgIpc) is 2.63. The predicted molar refractivity (Wildman–Crippen MR) is 96.4 cm³/mol. The monoisotopic (exact) mass is 341 g/mol. The zero-order valence-electron chi connectivity index (χ0n) is 14.6. The Morgan fingerprint density at radius 3 is 2.72 bits per heavy atom. The van der Waals surface area contributed by atoms with Gasteiger partial charge in [-0.25, -0.2) is 4.98 Å². The van der Waals surface area contributed by atoms with Gasteiger partial charge in [-0.05, 0) is 37.8 Å². The van der Waals surface area contributed by atoms with Gasteiger partial charge in [-0.3, -0.25) is 9.59 Å². The van der Waals surface area contributed by atoms with Crippen molar-refractivity contribution in [3.8, 4) is 5.75 Å². The van der Waals surface area contributed by atoms with Gasteiger partial charge in [-0.2, -0.15) is 0 Å². The maximum Gasteiger partial charge on any atom is 0.293 e. The van der Waals surface area contributed by atoms with Crippen LogP contribution in [-0.4, -0.2) is 35.0 Å². The molecule has 0 saturated carbocycles. The summed E-state index contributed by atoms with van der Waals surface area (Å²) in [6.45, 7) is 3.70. The fraction of sp³-hybridized carbons (Fsp3) is 0.421. The molecule has 2 heterocycles. The zero-order chi connectivity index (χ0) is 17.8. The number of carbonyl (C=O) groups is 1. The Morgan fingerprint density at radius 2 is 2.00 bits per heavy atom. The van der Waals surface area contributed by atoms with Crippen molar-refractivity contribution in [3.63, 3.8) is 0 Å². The molecule has 25 heavy (non-hydrogen) atoms. The van der Waals surface area contributed by atoms with Gasteiger partial charge in [0.2, 0.25) is 0 Å². The van der Waals surface area contributed by atoms with Crippen LogP contribution in [0.3, 0.4) is 0 Å². The zero-order valence-corrected chi connectivity index (χ0v) is 14.6. The Bertz CT molecular complexity index is 808. The van der Waals surface area contributed by atoms with Gasteiger partial charge >= 0.3 is 0 Å². The SMILES string of the molecule is CC(=O)c1ccccc1OCC1CCN(c2nccn(C)c2=O)CC1. The molecule has 1 aliphatic heterocycles. The highest BCUT2D eigenvalue weighted by Gasteiger charge is 2.23. The first-order valence-electron chi connectivity index (χ1n) is 8.55. The van der Waals surface area contributed by atoms with E-state index in [9.17, 15) is 9.59 Å². The van der Waals surface area contributed by atoms with Crippen molar-refractivity contribution in [2.45, 2.75) is 19.8 Å². The number of anilines is 1. The third kappa shape index (κ3) is 3.90. The van der Waals surface area contributed by atoms with E-state index in [2.05, 4.69) is 4.98 Å². The van der Waals surface area contributed by atoms with Gasteiger partial charge in [-0.1, -0.05) is 12.1 Å². The molecule has 1 aromatic carbocycles. The minimum atomic E-state index is -0.0624. The largest absolute Gasteiger partial charge is 0.493 e. The molecule has 3 rings (SSSR count). The molecule has 1 aliphatic rings. The van der Waals surface area contributed by atoms with E-state index >= 15 is 0 Å². The summed E-state index contributed by atoms with van der Waals surface area (Å²) < 4.78 is 7.45. The highest BCUT2D eigenvalue weighted by molar-refractivity contribution is 5.96. The van der Waals surface area contributed by atoms with Crippen molar-refractivity contribution in [1.82, 2.24) is 9.55 Å². The number of nitrogens with zero attached hydrogens (tertiary/aromatic N) is 3. The molecule has 132 valence electrons. The topological polar surface area (TPSA) is 64.4 Å². The molecule has 0 aliphatic carbocycles. The molecule has 0 amide bonds. The first-order chi connectivity index (χ1) is 12.1. The normalized spacial score (nSPS) is 15.2. The van der Waals surface area contributed by atoms with E-state index in [-0.39, 0.29) is 11.3 Å². The summed E-state index contributed by atoms with van der Waals surface area (Å²) in [4.78, 5) is 30.1. The highest BCUT2D eigenvalue weighted by Crippen LogP contribution is 2.23. The smallest absolute Gasteiger partial charge is 0.293 e. The number of hydrogen-bond acceptors (Lipinski definition) is 5. The Labute approximate surface area is 147 Å². The van der Waals surface area contributed by atoms with Crippen LogP contribution in [-0.2, 0) is 7.05 Å². The van der Waals surface area contributed by atoms with Crippen LogP contribution in [0.2, 0.25) is 0 Å². The van der Waals surface area contributed by atoms with E-state index in [4.69, 9.17) is 4.74 Å². The van der Waals surface area contributed by atoms with E-state index in [0.717, 1.165) is 25.9 Å². The number of benzene rings is 1. The molecule has 6 nitrogen and oxygen atoms in total. The van der Waals surface area contributed by atoms with Crippen LogP contribution in [0.5, 0.6) is 5.75 Å². The minimum absolute atomic E-state index is 0.0106. The van der Waals surface area contributed by atoms with Crippen molar-refractivity contribution < 1.29 is 9.53 Å². The number of hydrogen-bond donors (Lipinski definition) is 0. The molecule has 1 saturated heterocycles. The number of piperidine rings is 1. The van der Waals surface area contributed by atoms with Crippen LogP contribution in [0.4, 0.5) is 5.82 Å². The van der Waals surface area contributed by atoms with E-state index in [0.29, 0.717) is 29.7 Å². The molecular formula is C19H23N3O3. The number of aryl methyl sites for hydroxylation is 1. The Hall–Kier alpha value is -2.63. The summed E-state index contributed by atoms with van der Waals surface area (Å²) in [5.41, 5.74) is 0.560. The lowest BCUT2D eigenvalue weighted by molar-refractivity contribution is 0.101. The number of aromatic nitrogens is 2. The third-order valence-electron chi connectivity index (χ3n) is 4.65. The predicted octanol–water partition coefficient (Wildman–Crippen LogP) is 2.28. The van der Waals surface area contributed by atoms with Gasteiger partial charge < -0.3 is 14.2 Å². The minimum Gasteiger partial charge on any atom is -0.493 e.